The summed E-state index contributed by atoms with van der Waals surface area (Å²) in [7, 11) is 1.25. The van der Waals surface area contributed by atoms with Crippen LogP contribution >= 0.6 is 0 Å². The molecule has 4 nitrogen and oxygen atoms in total. The molecule has 0 aliphatic carbocycles. The van der Waals surface area contributed by atoms with Gasteiger partial charge in [-0.2, -0.15) is 13.2 Å². The summed E-state index contributed by atoms with van der Waals surface area (Å²) in [5.74, 6) is -3.44. The minimum atomic E-state index is -4.99. The van der Waals surface area contributed by atoms with Crippen molar-refractivity contribution in [2.75, 3.05) is 0 Å². The molecule has 0 aliphatic heterocycles. The lowest BCUT2D eigenvalue weighted by Crippen LogP contribution is -2.22. The zero-order chi connectivity index (χ0) is 11.8. The number of halogens is 3. The molecule has 0 spiro atoms. The molecule has 0 aliphatic rings. The predicted octanol–water partition coefficient (Wildman–Crippen LogP) is 1.47. The van der Waals surface area contributed by atoms with Crippen molar-refractivity contribution in [1.29, 1.82) is 0 Å². The van der Waals surface area contributed by atoms with E-state index in [2.05, 4.69) is 0 Å². The van der Waals surface area contributed by atoms with E-state index in [0.29, 0.717) is 6.07 Å². The van der Waals surface area contributed by atoms with Crippen LogP contribution in [0.2, 0.25) is 0 Å². The highest BCUT2D eigenvalue weighted by atomic mass is 19.4. The molecular weight excluding hydrogens is 215 g/mol. The molecule has 0 atom stereocenters. The maximum Gasteiger partial charge on any atom is 0.454 e. The van der Waals surface area contributed by atoms with Gasteiger partial charge in [0.05, 0.1) is 0 Å². The van der Waals surface area contributed by atoms with Crippen LogP contribution in [0.1, 0.15) is 20.8 Å². The molecule has 1 rings (SSSR count). The normalized spacial score (nSPS) is 11.5. The first-order valence-corrected chi connectivity index (χ1v) is 3.74. The average Bonchev–Trinajstić information content (AvgIpc) is 2.44. The van der Waals surface area contributed by atoms with Gasteiger partial charge < -0.3 is 9.67 Å². The van der Waals surface area contributed by atoms with E-state index in [-0.39, 0.29) is 5.69 Å². The summed E-state index contributed by atoms with van der Waals surface area (Å²) in [5, 5.41) is 8.55. The zero-order valence-electron chi connectivity index (χ0n) is 7.50. The number of hydrogen-bond donors (Lipinski definition) is 1. The summed E-state index contributed by atoms with van der Waals surface area (Å²) in [6, 6.07) is 0.693. The Morgan fingerprint density at radius 3 is 2.27 bits per heavy atom. The molecular formula is C8H6F3NO3. The Balaban J connectivity index is 3.14. The molecule has 0 bridgehead atoms. The van der Waals surface area contributed by atoms with Gasteiger partial charge in [-0.05, 0) is 6.07 Å². The quantitative estimate of drug-likeness (QED) is 0.769. The van der Waals surface area contributed by atoms with Gasteiger partial charge >= 0.3 is 12.1 Å². The number of hydrogen-bond acceptors (Lipinski definition) is 2. The first kappa shape index (κ1) is 11.3. The Bertz CT molecular complexity index is 419. The molecule has 7 heteroatoms. The van der Waals surface area contributed by atoms with Gasteiger partial charge in [-0.25, -0.2) is 4.79 Å². The fraction of sp³-hybridized carbons (Fsp3) is 0.250. The van der Waals surface area contributed by atoms with E-state index in [1.807, 2.05) is 0 Å². The standard InChI is InChI=1S/C8H6F3NO3/c1-12-3-4(2-5(12)7(14)15)6(13)8(9,10)11/h2-3H,1H3,(H,14,15). The number of aromatic nitrogens is 1. The number of carboxylic acids is 1. The molecule has 1 aromatic rings. The van der Waals surface area contributed by atoms with E-state index in [0.717, 1.165) is 10.8 Å². The van der Waals surface area contributed by atoms with Crippen molar-refractivity contribution in [2.45, 2.75) is 6.18 Å². The van der Waals surface area contributed by atoms with Crippen molar-refractivity contribution in [3.8, 4) is 0 Å². The van der Waals surface area contributed by atoms with Gasteiger partial charge in [0.1, 0.15) is 5.69 Å². The summed E-state index contributed by atoms with van der Waals surface area (Å²) < 4.78 is 36.9. The van der Waals surface area contributed by atoms with Crippen LogP contribution in [-0.4, -0.2) is 27.6 Å². The van der Waals surface area contributed by atoms with Crippen molar-refractivity contribution in [3.63, 3.8) is 0 Å². The van der Waals surface area contributed by atoms with Gasteiger partial charge in [-0.3, -0.25) is 4.79 Å². The van der Waals surface area contributed by atoms with Crippen molar-refractivity contribution in [1.82, 2.24) is 4.57 Å². The largest absolute Gasteiger partial charge is 0.477 e. The summed E-state index contributed by atoms with van der Waals surface area (Å²) in [4.78, 5) is 21.2. The fourth-order valence-corrected chi connectivity index (χ4v) is 1.06. The summed E-state index contributed by atoms with van der Waals surface area (Å²) in [5.41, 5.74) is -1.05. The van der Waals surface area contributed by atoms with E-state index in [1.165, 1.54) is 7.05 Å². The third kappa shape index (κ3) is 2.17. The van der Waals surface area contributed by atoms with E-state index in [4.69, 9.17) is 5.11 Å². The fourth-order valence-electron chi connectivity index (χ4n) is 1.06. The van der Waals surface area contributed by atoms with Crippen LogP contribution in [0, 0.1) is 0 Å². The molecule has 82 valence electrons. The smallest absolute Gasteiger partial charge is 0.454 e. The molecule has 1 aromatic heterocycles. The van der Waals surface area contributed by atoms with Gasteiger partial charge in [-0.15, -0.1) is 0 Å². The first-order valence-electron chi connectivity index (χ1n) is 3.74. The number of rotatable bonds is 2. The van der Waals surface area contributed by atoms with Crippen molar-refractivity contribution < 1.29 is 27.9 Å². The highest BCUT2D eigenvalue weighted by Crippen LogP contribution is 2.22. The Morgan fingerprint density at radius 2 is 1.93 bits per heavy atom. The Morgan fingerprint density at radius 1 is 1.40 bits per heavy atom. The first-order chi connectivity index (χ1) is 6.73. The molecule has 1 N–H and O–H groups in total. The Kier molecular flexibility index (Phi) is 2.57. The Labute approximate surface area is 81.9 Å². The van der Waals surface area contributed by atoms with Crippen molar-refractivity contribution >= 4 is 11.8 Å². The lowest BCUT2D eigenvalue weighted by Gasteiger charge is -2.01. The van der Waals surface area contributed by atoms with Crippen molar-refractivity contribution in [3.05, 3.63) is 23.5 Å². The minimum absolute atomic E-state index is 0.373. The second-order valence-corrected chi connectivity index (χ2v) is 2.86. The second-order valence-electron chi connectivity index (χ2n) is 2.86. The lowest BCUT2D eigenvalue weighted by atomic mass is 10.2. The molecule has 0 saturated carbocycles. The third-order valence-electron chi connectivity index (χ3n) is 1.74. The van der Waals surface area contributed by atoms with Gasteiger partial charge in [0, 0.05) is 18.8 Å². The number of ketones is 1. The predicted molar refractivity (Wildman–Crippen MR) is 42.8 cm³/mol. The van der Waals surface area contributed by atoms with Crippen LogP contribution in [0.15, 0.2) is 12.3 Å². The highest BCUT2D eigenvalue weighted by Gasteiger charge is 2.40. The number of carbonyl (C=O) groups is 2. The SMILES string of the molecule is Cn1cc(C(=O)C(F)(F)F)cc1C(=O)O. The van der Waals surface area contributed by atoms with Crippen LogP contribution in [-0.2, 0) is 7.05 Å². The van der Waals surface area contributed by atoms with E-state index in [1.54, 1.807) is 0 Å². The topological polar surface area (TPSA) is 59.3 Å². The van der Waals surface area contributed by atoms with E-state index < -0.39 is 23.5 Å². The maximum atomic E-state index is 12.0. The molecule has 15 heavy (non-hydrogen) atoms. The van der Waals surface area contributed by atoms with E-state index in [9.17, 15) is 22.8 Å². The van der Waals surface area contributed by atoms with Gasteiger partial charge in [0.15, 0.2) is 0 Å². The molecule has 0 fully saturated rings. The van der Waals surface area contributed by atoms with Gasteiger partial charge in [0.25, 0.3) is 5.78 Å². The number of aromatic carboxylic acids is 1. The molecule has 0 radical (unpaired) electrons. The minimum Gasteiger partial charge on any atom is -0.477 e. The molecule has 0 aromatic carbocycles. The third-order valence-corrected chi connectivity index (χ3v) is 1.74. The highest BCUT2D eigenvalue weighted by molar-refractivity contribution is 6.02. The number of aryl methyl sites for hydroxylation is 1. The molecule has 0 unspecified atom stereocenters. The van der Waals surface area contributed by atoms with Crippen LogP contribution in [0.4, 0.5) is 13.2 Å². The molecule has 1 heterocycles. The summed E-state index contributed by atoms with van der Waals surface area (Å²) in [6.07, 6.45) is -4.16. The maximum absolute atomic E-state index is 12.0. The monoisotopic (exact) mass is 221 g/mol. The number of Topliss-reactive ketones (excluding diaryl/α,β-unsaturated/α-hetero) is 1. The van der Waals surface area contributed by atoms with Crippen LogP contribution < -0.4 is 0 Å². The van der Waals surface area contributed by atoms with Crippen LogP contribution in [0.3, 0.4) is 0 Å². The number of alkyl halides is 3. The summed E-state index contributed by atoms with van der Waals surface area (Å²) >= 11 is 0. The van der Waals surface area contributed by atoms with Gasteiger partial charge in [0.2, 0.25) is 0 Å². The van der Waals surface area contributed by atoms with E-state index >= 15 is 0 Å². The van der Waals surface area contributed by atoms with Crippen LogP contribution in [0.25, 0.3) is 0 Å². The van der Waals surface area contributed by atoms with Crippen molar-refractivity contribution in [2.24, 2.45) is 7.05 Å². The molecule has 0 amide bonds. The van der Waals surface area contributed by atoms with Gasteiger partial charge in [-0.1, -0.05) is 0 Å². The Hall–Kier alpha value is -1.79. The second kappa shape index (κ2) is 3.41. The number of carboxylic acid groups (broad SMARTS) is 1. The number of carbonyl (C=O) groups excluding carboxylic acids is 1. The zero-order valence-corrected chi connectivity index (χ0v) is 7.50. The summed E-state index contributed by atoms with van der Waals surface area (Å²) in [6.45, 7) is 0. The lowest BCUT2D eigenvalue weighted by molar-refractivity contribution is -0.0885. The average molecular weight is 221 g/mol. The van der Waals surface area contributed by atoms with Crippen LogP contribution in [0.5, 0.6) is 0 Å². The number of nitrogens with zero attached hydrogens (tertiary/aromatic N) is 1. The molecule has 0 saturated heterocycles.